The number of carbonyl (C=O) groups is 1. The summed E-state index contributed by atoms with van der Waals surface area (Å²) in [5.41, 5.74) is 5.37. The number of para-hydroxylation sites is 1. The van der Waals surface area contributed by atoms with E-state index in [2.05, 4.69) is 64.6 Å². The van der Waals surface area contributed by atoms with E-state index in [0.717, 1.165) is 51.9 Å². The number of aromatic nitrogens is 3. The van der Waals surface area contributed by atoms with Gasteiger partial charge in [0.05, 0.1) is 5.75 Å². The molecular formula is C23H29N5OS. The number of benzene rings is 2. The van der Waals surface area contributed by atoms with Gasteiger partial charge in [-0.25, -0.2) is 0 Å². The summed E-state index contributed by atoms with van der Waals surface area (Å²) in [6.07, 6.45) is 1.77. The van der Waals surface area contributed by atoms with Crippen molar-refractivity contribution in [2.45, 2.75) is 31.8 Å². The van der Waals surface area contributed by atoms with Gasteiger partial charge in [-0.05, 0) is 36.1 Å². The third-order valence-electron chi connectivity index (χ3n) is 5.05. The number of nitrogens with one attached hydrogen (secondary N) is 1. The normalized spacial score (nSPS) is 10.8. The van der Waals surface area contributed by atoms with Crippen molar-refractivity contribution in [2.75, 3.05) is 30.1 Å². The SMILES string of the molecule is CCc1cccc(CC)c1NC(=O)CSc1nnc(-c2cccc(N(C)C)c2)n1C. The minimum absolute atomic E-state index is 0.0326. The predicted octanol–water partition coefficient (Wildman–Crippen LogP) is 4.40. The quantitative estimate of drug-likeness (QED) is 0.544. The number of hydrogen-bond donors (Lipinski definition) is 1. The van der Waals surface area contributed by atoms with Gasteiger partial charge in [-0.1, -0.05) is 55.9 Å². The van der Waals surface area contributed by atoms with Crippen molar-refractivity contribution >= 4 is 29.0 Å². The van der Waals surface area contributed by atoms with Crippen LogP contribution in [-0.2, 0) is 24.7 Å². The molecule has 0 aliphatic carbocycles. The molecular weight excluding hydrogens is 394 g/mol. The summed E-state index contributed by atoms with van der Waals surface area (Å²) in [5, 5.41) is 12.5. The van der Waals surface area contributed by atoms with E-state index in [-0.39, 0.29) is 11.7 Å². The highest BCUT2D eigenvalue weighted by Gasteiger charge is 2.15. The lowest BCUT2D eigenvalue weighted by Gasteiger charge is -2.14. The van der Waals surface area contributed by atoms with E-state index in [1.165, 1.54) is 11.8 Å². The number of thioether (sulfide) groups is 1. The fourth-order valence-electron chi connectivity index (χ4n) is 3.32. The molecule has 0 saturated heterocycles. The topological polar surface area (TPSA) is 63.1 Å². The molecule has 0 atom stereocenters. The molecule has 0 unspecified atom stereocenters. The zero-order valence-corrected chi connectivity index (χ0v) is 19.1. The third kappa shape index (κ3) is 4.84. The average molecular weight is 424 g/mol. The number of hydrogen-bond acceptors (Lipinski definition) is 5. The smallest absolute Gasteiger partial charge is 0.234 e. The second-order valence-corrected chi connectivity index (χ2v) is 8.25. The molecule has 30 heavy (non-hydrogen) atoms. The Bertz CT molecular complexity index is 1010. The third-order valence-corrected chi connectivity index (χ3v) is 6.07. The Morgan fingerprint density at radius 3 is 2.37 bits per heavy atom. The molecule has 2 aromatic carbocycles. The number of rotatable bonds is 8. The van der Waals surface area contributed by atoms with Crippen LogP contribution in [0.2, 0.25) is 0 Å². The second kappa shape index (κ2) is 9.80. The van der Waals surface area contributed by atoms with Gasteiger partial charge in [-0.2, -0.15) is 0 Å². The van der Waals surface area contributed by atoms with Gasteiger partial charge in [0.1, 0.15) is 0 Å². The molecule has 0 aliphatic heterocycles. The van der Waals surface area contributed by atoms with Crippen LogP contribution in [-0.4, -0.2) is 40.5 Å². The maximum absolute atomic E-state index is 12.6. The van der Waals surface area contributed by atoms with Gasteiger partial charge in [0.15, 0.2) is 11.0 Å². The van der Waals surface area contributed by atoms with E-state index >= 15 is 0 Å². The Hall–Kier alpha value is -2.80. The summed E-state index contributed by atoms with van der Waals surface area (Å²) in [6.45, 7) is 4.21. The molecule has 3 aromatic rings. The maximum atomic E-state index is 12.6. The molecule has 1 heterocycles. The first-order valence-corrected chi connectivity index (χ1v) is 11.1. The Labute approximate surface area is 182 Å². The summed E-state index contributed by atoms with van der Waals surface area (Å²) in [6, 6.07) is 14.4. The Morgan fingerprint density at radius 1 is 1.07 bits per heavy atom. The molecule has 3 rings (SSSR count). The summed E-state index contributed by atoms with van der Waals surface area (Å²) < 4.78 is 1.93. The Morgan fingerprint density at radius 2 is 1.73 bits per heavy atom. The Balaban J connectivity index is 1.71. The number of amides is 1. The number of carbonyl (C=O) groups excluding carboxylic acids is 1. The van der Waals surface area contributed by atoms with E-state index in [1.54, 1.807) is 0 Å². The molecule has 1 amide bonds. The molecule has 0 bridgehead atoms. The number of anilines is 2. The molecule has 0 saturated carbocycles. The van der Waals surface area contributed by atoms with Crippen molar-refractivity contribution in [2.24, 2.45) is 7.05 Å². The van der Waals surface area contributed by atoms with Crippen LogP contribution >= 0.6 is 11.8 Å². The van der Waals surface area contributed by atoms with Crippen molar-refractivity contribution in [1.82, 2.24) is 14.8 Å². The minimum atomic E-state index is -0.0326. The minimum Gasteiger partial charge on any atom is -0.378 e. The van der Waals surface area contributed by atoms with Gasteiger partial charge >= 0.3 is 0 Å². The Kier molecular flexibility index (Phi) is 7.15. The molecule has 1 aromatic heterocycles. The first kappa shape index (κ1) is 21.9. The molecule has 7 heteroatoms. The van der Waals surface area contributed by atoms with Crippen LogP contribution in [0.3, 0.4) is 0 Å². The lowest BCUT2D eigenvalue weighted by Crippen LogP contribution is -2.17. The molecule has 0 radical (unpaired) electrons. The van der Waals surface area contributed by atoms with Gasteiger partial charge in [0.2, 0.25) is 5.91 Å². The van der Waals surface area contributed by atoms with E-state index < -0.39 is 0 Å². The highest BCUT2D eigenvalue weighted by Crippen LogP contribution is 2.26. The summed E-state index contributed by atoms with van der Waals surface area (Å²) in [5.74, 6) is 1.03. The van der Waals surface area contributed by atoms with Gasteiger partial charge in [0, 0.05) is 38.1 Å². The van der Waals surface area contributed by atoms with Crippen LogP contribution in [0.15, 0.2) is 47.6 Å². The average Bonchev–Trinajstić information content (AvgIpc) is 3.12. The van der Waals surface area contributed by atoms with Crippen LogP contribution < -0.4 is 10.2 Å². The van der Waals surface area contributed by atoms with Crippen molar-refractivity contribution in [3.8, 4) is 11.4 Å². The predicted molar refractivity (Wildman–Crippen MR) is 125 cm³/mol. The van der Waals surface area contributed by atoms with Crippen molar-refractivity contribution in [3.05, 3.63) is 53.6 Å². The molecule has 6 nitrogen and oxygen atoms in total. The highest BCUT2D eigenvalue weighted by molar-refractivity contribution is 7.99. The number of aryl methyl sites for hydroxylation is 2. The zero-order chi connectivity index (χ0) is 21.7. The first-order valence-electron chi connectivity index (χ1n) is 10.1. The van der Waals surface area contributed by atoms with Gasteiger partial charge in [0.25, 0.3) is 0 Å². The van der Waals surface area contributed by atoms with Gasteiger partial charge < -0.3 is 14.8 Å². The van der Waals surface area contributed by atoms with Gasteiger partial charge in [-0.3, -0.25) is 4.79 Å². The van der Waals surface area contributed by atoms with Crippen molar-refractivity contribution < 1.29 is 4.79 Å². The molecule has 0 aliphatic rings. The summed E-state index contributed by atoms with van der Waals surface area (Å²) in [4.78, 5) is 14.7. The fourth-order valence-corrected chi connectivity index (χ4v) is 4.03. The van der Waals surface area contributed by atoms with Crippen LogP contribution in [0.1, 0.15) is 25.0 Å². The fraction of sp³-hybridized carbons (Fsp3) is 0.348. The van der Waals surface area contributed by atoms with Crippen molar-refractivity contribution in [1.29, 1.82) is 0 Å². The van der Waals surface area contributed by atoms with E-state index in [9.17, 15) is 4.79 Å². The highest BCUT2D eigenvalue weighted by atomic mass is 32.2. The molecule has 0 spiro atoms. The second-order valence-electron chi connectivity index (χ2n) is 7.31. The van der Waals surface area contributed by atoms with Crippen LogP contribution in [0.4, 0.5) is 11.4 Å². The van der Waals surface area contributed by atoms with Crippen molar-refractivity contribution in [3.63, 3.8) is 0 Å². The first-order chi connectivity index (χ1) is 14.4. The largest absolute Gasteiger partial charge is 0.378 e. The molecule has 1 N–H and O–H groups in total. The van der Waals surface area contributed by atoms with E-state index in [1.807, 2.05) is 37.8 Å². The van der Waals surface area contributed by atoms with Crippen LogP contribution in [0.25, 0.3) is 11.4 Å². The lowest BCUT2D eigenvalue weighted by atomic mass is 10.0. The molecule has 158 valence electrons. The van der Waals surface area contributed by atoms with Crippen LogP contribution in [0, 0.1) is 0 Å². The standard InChI is InChI=1S/C23H29N5OS/c1-6-16-10-8-11-17(7-2)21(16)24-20(29)15-30-23-26-25-22(28(23)5)18-12-9-13-19(14-18)27(3)4/h8-14H,6-7,15H2,1-5H3,(H,24,29). The van der Waals surface area contributed by atoms with E-state index in [0.29, 0.717) is 0 Å². The van der Waals surface area contributed by atoms with E-state index in [4.69, 9.17) is 0 Å². The monoisotopic (exact) mass is 423 g/mol. The van der Waals surface area contributed by atoms with Crippen LogP contribution in [0.5, 0.6) is 0 Å². The summed E-state index contributed by atoms with van der Waals surface area (Å²) in [7, 11) is 5.95. The summed E-state index contributed by atoms with van der Waals surface area (Å²) >= 11 is 1.39. The number of nitrogens with zero attached hydrogens (tertiary/aromatic N) is 4. The maximum Gasteiger partial charge on any atom is 0.234 e. The molecule has 0 fully saturated rings. The van der Waals surface area contributed by atoms with Gasteiger partial charge in [-0.15, -0.1) is 10.2 Å². The zero-order valence-electron chi connectivity index (χ0n) is 18.3. The lowest BCUT2D eigenvalue weighted by molar-refractivity contribution is -0.113.